The molecule has 0 aliphatic carbocycles. The number of aryl methyl sites for hydroxylation is 1. The van der Waals surface area contributed by atoms with Gasteiger partial charge >= 0.3 is 0 Å². The summed E-state index contributed by atoms with van der Waals surface area (Å²) in [7, 11) is -3.80. The van der Waals surface area contributed by atoms with Crippen molar-refractivity contribution in [2.24, 2.45) is 0 Å². The van der Waals surface area contributed by atoms with Crippen LogP contribution in [0, 0.1) is 17.0 Å². The summed E-state index contributed by atoms with van der Waals surface area (Å²) in [5, 5.41) is 13.7. The molecule has 0 saturated carbocycles. The number of carbonyl (C=O) groups excluding carboxylic acids is 1. The summed E-state index contributed by atoms with van der Waals surface area (Å²) in [6, 6.07) is 10.1. The molecule has 1 saturated heterocycles. The number of carbonyl (C=O) groups is 1. The van der Waals surface area contributed by atoms with Gasteiger partial charge in [-0.2, -0.15) is 4.31 Å². The largest absolute Gasteiger partial charge is 0.373 e. The minimum absolute atomic E-state index is 0.00587. The van der Waals surface area contributed by atoms with Crippen molar-refractivity contribution in [2.75, 3.05) is 18.4 Å². The van der Waals surface area contributed by atoms with Crippen LogP contribution in [-0.4, -0.2) is 48.9 Å². The van der Waals surface area contributed by atoms with Crippen LogP contribution in [0.25, 0.3) is 0 Å². The van der Waals surface area contributed by atoms with E-state index in [2.05, 4.69) is 5.32 Å². The second-order valence-corrected chi connectivity index (χ2v) is 9.26. The summed E-state index contributed by atoms with van der Waals surface area (Å²) < 4.78 is 33.0. The molecular weight excluding hydrogens is 410 g/mol. The SMILES string of the molecule is Cc1ccc(NC(=O)c2cccc(S(=O)(=O)N3C[C@H](C)O[C@@H](C)C3)c2)cc1[N+](=O)[O-]. The number of anilines is 1. The number of nitro groups is 1. The lowest BCUT2D eigenvalue weighted by molar-refractivity contribution is -0.385. The summed E-state index contributed by atoms with van der Waals surface area (Å²) in [6.45, 7) is 5.68. The highest BCUT2D eigenvalue weighted by Gasteiger charge is 2.32. The van der Waals surface area contributed by atoms with Gasteiger partial charge in [0.25, 0.3) is 11.6 Å². The molecule has 3 rings (SSSR count). The zero-order valence-corrected chi connectivity index (χ0v) is 17.7. The molecule has 1 amide bonds. The Kier molecular flexibility index (Phi) is 6.20. The fourth-order valence-electron chi connectivity index (χ4n) is 3.36. The Labute approximate surface area is 174 Å². The molecule has 0 bridgehead atoms. The highest BCUT2D eigenvalue weighted by atomic mass is 32.2. The smallest absolute Gasteiger partial charge is 0.274 e. The van der Waals surface area contributed by atoms with Crippen LogP contribution >= 0.6 is 0 Å². The van der Waals surface area contributed by atoms with E-state index in [1.165, 1.54) is 40.7 Å². The summed E-state index contributed by atoms with van der Waals surface area (Å²) in [4.78, 5) is 23.2. The van der Waals surface area contributed by atoms with Crippen LogP contribution in [0.4, 0.5) is 11.4 Å². The lowest BCUT2D eigenvalue weighted by Crippen LogP contribution is -2.48. The van der Waals surface area contributed by atoms with Crippen LogP contribution in [0.5, 0.6) is 0 Å². The number of benzene rings is 2. The Hall–Kier alpha value is -2.82. The van der Waals surface area contributed by atoms with E-state index < -0.39 is 20.9 Å². The van der Waals surface area contributed by atoms with Crippen molar-refractivity contribution >= 4 is 27.3 Å². The first-order valence-electron chi connectivity index (χ1n) is 9.40. The summed E-state index contributed by atoms with van der Waals surface area (Å²) in [5.41, 5.74) is 0.745. The van der Waals surface area contributed by atoms with Crippen LogP contribution < -0.4 is 5.32 Å². The van der Waals surface area contributed by atoms with Gasteiger partial charge in [0.15, 0.2) is 0 Å². The number of nitro benzene ring substituents is 1. The first-order valence-corrected chi connectivity index (χ1v) is 10.8. The van der Waals surface area contributed by atoms with Gasteiger partial charge in [0, 0.05) is 36.0 Å². The number of sulfonamides is 1. The number of hydrogen-bond donors (Lipinski definition) is 1. The number of nitrogens with zero attached hydrogens (tertiary/aromatic N) is 2. The second-order valence-electron chi connectivity index (χ2n) is 7.32. The fraction of sp³-hybridized carbons (Fsp3) is 0.350. The van der Waals surface area contributed by atoms with Crippen LogP contribution in [0.15, 0.2) is 47.4 Å². The Balaban J connectivity index is 1.84. The monoisotopic (exact) mass is 433 g/mol. The van der Waals surface area contributed by atoms with Crippen molar-refractivity contribution in [2.45, 2.75) is 37.9 Å². The average Bonchev–Trinajstić information content (AvgIpc) is 2.68. The van der Waals surface area contributed by atoms with Gasteiger partial charge in [-0.3, -0.25) is 14.9 Å². The molecule has 2 atom stereocenters. The maximum Gasteiger partial charge on any atom is 0.274 e. The van der Waals surface area contributed by atoms with Crippen LogP contribution in [-0.2, 0) is 14.8 Å². The van der Waals surface area contributed by atoms with E-state index in [0.29, 0.717) is 5.56 Å². The van der Waals surface area contributed by atoms with E-state index in [4.69, 9.17) is 4.74 Å². The number of rotatable bonds is 5. The number of morpholine rings is 1. The Morgan fingerprint density at radius 1 is 1.17 bits per heavy atom. The number of nitrogens with one attached hydrogen (secondary N) is 1. The zero-order valence-electron chi connectivity index (χ0n) is 16.9. The van der Waals surface area contributed by atoms with Gasteiger partial charge in [-0.25, -0.2) is 8.42 Å². The highest BCUT2D eigenvalue weighted by molar-refractivity contribution is 7.89. The molecule has 0 spiro atoms. The molecule has 10 heteroatoms. The molecule has 0 unspecified atom stereocenters. The number of hydrogen-bond acceptors (Lipinski definition) is 6. The van der Waals surface area contributed by atoms with Crippen molar-refractivity contribution in [3.63, 3.8) is 0 Å². The van der Waals surface area contributed by atoms with Crippen LogP contribution in [0.3, 0.4) is 0 Å². The molecule has 160 valence electrons. The van der Waals surface area contributed by atoms with Gasteiger partial charge in [-0.15, -0.1) is 0 Å². The maximum atomic E-state index is 13.0. The van der Waals surface area contributed by atoms with Gasteiger partial charge in [0.1, 0.15) is 0 Å². The standard InChI is InChI=1S/C20H23N3O6S/c1-13-7-8-17(10-19(13)23(25)26)21-20(24)16-5-4-6-18(9-16)30(27,28)22-11-14(2)29-15(3)12-22/h4-10,14-15H,11-12H2,1-3H3,(H,21,24)/t14-,15-/m0/s1. The van der Waals surface area contributed by atoms with Crippen LogP contribution in [0.2, 0.25) is 0 Å². The Morgan fingerprint density at radius 2 is 1.83 bits per heavy atom. The molecule has 1 aliphatic heterocycles. The van der Waals surface area contributed by atoms with E-state index in [1.54, 1.807) is 13.0 Å². The fourth-order valence-corrected chi connectivity index (χ4v) is 5.00. The van der Waals surface area contributed by atoms with E-state index >= 15 is 0 Å². The zero-order chi connectivity index (χ0) is 22.1. The first-order chi connectivity index (χ1) is 14.1. The van der Waals surface area contributed by atoms with Crippen molar-refractivity contribution in [1.29, 1.82) is 0 Å². The third-order valence-electron chi connectivity index (χ3n) is 4.78. The molecule has 2 aromatic carbocycles. The summed E-state index contributed by atoms with van der Waals surface area (Å²) in [6.07, 6.45) is -0.459. The molecule has 0 radical (unpaired) electrons. The van der Waals surface area contributed by atoms with Gasteiger partial charge in [-0.1, -0.05) is 12.1 Å². The highest BCUT2D eigenvalue weighted by Crippen LogP contribution is 2.24. The van der Waals surface area contributed by atoms with Crippen molar-refractivity contribution in [3.8, 4) is 0 Å². The van der Waals surface area contributed by atoms with Crippen molar-refractivity contribution in [1.82, 2.24) is 4.31 Å². The molecule has 2 aromatic rings. The summed E-state index contributed by atoms with van der Waals surface area (Å²) in [5.74, 6) is -0.561. The average molecular weight is 433 g/mol. The molecule has 0 aromatic heterocycles. The minimum Gasteiger partial charge on any atom is -0.373 e. The quantitative estimate of drug-likeness (QED) is 0.572. The Morgan fingerprint density at radius 3 is 2.47 bits per heavy atom. The van der Waals surface area contributed by atoms with Crippen molar-refractivity contribution in [3.05, 3.63) is 63.7 Å². The second kappa shape index (κ2) is 8.50. The van der Waals surface area contributed by atoms with E-state index in [1.807, 2.05) is 13.8 Å². The third-order valence-corrected chi connectivity index (χ3v) is 6.61. The van der Waals surface area contributed by atoms with E-state index in [-0.39, 0.29) is 47.1 Å². The van der Waals surface area contributed by atoms with E-state index in [9.17, 15) is 23.3 Å². The minimum atomic E-state index is -3.80. The van der Waals surface area contributed by atoms with Gasteiger partial charge in [0.05, 0.1) is 22.0 Å². The van der Waals surface area contributed by atoms with Crippen LogP contribution in [0.1, 0.15) is 29.8 Å². The van der Waals surface area contributed by atoms with Gasteiger partial charge in [0.2, 0.25) is 10.0 Å². The third kappa shape index (κ3) is 4.66. The Bertz CT molecular complexity index is 1080. The lowest BCUT2D eigenvalue weighted by Gasteiger charge is -2.34. The van der Waals surface area contributed by atoms with Gasteiger partial charge < -0.3 is 10.1 Å². The number of ether oxygens (including phenoxy) is 1. The molecular formula is C20H23N3O6S. The normalized spacial score (nSPS) is 20.0. The molecule has 1 fully saturated rings. The maximum absolute atomic E-state index is 13.0. The molecule has 30 heavy (non-hydrogen) atoms. The molecule has 1 N–H and O–H groups in total. The van der Waals surface area contributed by atoms with Crippen molar-refractivity contribution < 1.29 is 22.9 Å². The molecule has 9 nitrogen and oxygen atoms in total. The van der Waals surface area contributed by atoms with Gasteiger partial charge in [-0.05, 0) is 45.0 Å². The van der Waals surface area contributed by atoms with E-state index in [0.717, 1.165) is 0 Å². The lowest BCUT2D eigenvalue weighted by atomic mass is 10.1. The predicted molar refractivity (Wildman–Crippen MR) is 111 cm³/mol. The number of amides is 1. The topological polar surface area (TPSA) is 119 Å². The summed E-state index contributed by atoms with van der Waals surface area (Å²) >= 11 is 0. The molecule has 1 aliphatic rings. The first kappa shape index (κ1) is 21.9. The molecule has 1 heterocycles. The predicted octanol–water partition coefficient (Wildman–Crippen LogP) is 2.95.